The Morgan fingerprint density at radius 3 is 2.71 bits per heavy atom. The van der Waals surface area contributed by atoms with Gasteiger partial charge in [0, 0.05) is 19.4 Å². The Kier molecular flexibility index (Phi) is 9.16. The van der Waals surface area contributed by atoms with E-state index in [4.69, 9.17) is 19.0 Å². The molecule has 38 heavy (non-hydrogen) atoms. The van der Waals surface area contributed by atoms with E-state index in [1.165, 1.54) is 7.11 Å². The van der Waals surface area contributed by atoms with Gasteiger partial charge in [0.1, 0.15) is 25.2 Å². The van der Waals surface area contributed by atoms with Crippen LogP contribution >= 0.6 is 0 Å². The van der Waals surface area contributed by atoms with Gasteiger partial charge in [-0.2, -0.15) is 0 Å². The topological polar surface area (TPSA) is 107 Å². The van der Waals surface area contributed by atoms with E-state index in [0.717, 1.165) is 22.4 Å². The van der Waals surface area contributed by atoms with Crippen LogP contribution in [0.3, 0.4) is 0 Å². The van der Waals surface area contributed by atoms with Gasteiger partial charge < -0.3 is 29.1 Å². The van der Waals surface area contributed by atoms with Gasteiger partial charge in [-0.15, -0.1) is 0 Å². The number of rotatable bonds is 12. The zero-order valence-corrected chi connectivity index (χ0v) is 21.6. The molecular weight excluding hydrogens is 488 g/mol. The minimum atomic E-state index is -0.985. The van der Waals surface area contributed by atoms with E-state index in [9.17, 15) is 14.7 Å². The van der Waals surface area contributed by atoms with Crippen LogP contribution in [0, 0.1) is 0 Å². The fraction of sp³-hybridized carbons (Fsp3) is 0.345. The van der Waals surface area contributed by atoms with Crippen LogP contribution in [0.5, 0.6) is 11.5 Å². The zero-order valence-electron chi connectivity index (χ0n) is 21.6. The Bertz CT molecular complexity index is 1230. The van der Waals surface area contributed by atoms with Crippen molar-refractivity contribution in [2.24, 2.45) is 5.16 Å². The molecule has 1 heterocycles. The first-order valence-corrected chi connectivity index (χ1v) is 12.6. The number of hydrogen-bond donors (Lipinski definition) is 1. The molecule has 9 heteroatoms. The second-order valence-electron chi connectivity index (χ2n) is 8.84. The highest BCUT2D eigenvalue weighted by Crippen LogP contribution is 2.34. The molecule has 0 spiro atoms. The minimum Gasteiger partial charge on any atom is -0.492 e. The number of ether oxygens (including phenoxy) is 3. The number of allylic oxidation sites excluding steroid dienone is 4. The van der Waals surface area contributed by atoms with Crippen molar-refractivity contribution in [2.45, 2.75) is 32.3 Å². The van der Waals surface area contributed by atoms with Crippen LogP contribution in [0.4, 0.5) is 5.69 Å². The fourth-order valence-electron chi connectivity index (χ4n) is 4.39. The Hall–Kier alpha value is -4.11. The SMILES string of the molecule is CCOC(Cc1ccc(OCCN2C(=O)COc3ccc(CC4=CC=CCC4=NOC)cc32)cc1)C(=O)O. The third-order valence-corrected chi connectivity index (χ3v) is 6.25. The van der Waals surface area contributed by atoms with Gasteiger partial charge in [0.15, 0.2) is 12.7 Å². The van der Waals surface area contributed by atoms with Crippen LogP contribution < -0.4 is 14.4 Å². The van der Waals surface area contributed by atoms with Crippen LogP contribution in [-0.4, -0.2) is 62.3 Å². The number of amides is 1. The predicted octanol–water partition coefficient (Wildman–Crippen LogP) is 3.95. The first-order chi connectivity index (χ1) is 18.5. The average Bonchev–Trinajstić information content (AvgIpc) is 2.92. The number of carboxylic acids is 1. The molecule has 0 fully saturated rings. The van der Waals surface area contributed by atoms with Crippen molar-refractivity contribution in [3.05, 3.63) is 77.4 Å². The van der Waals surface area contributed by atoms with Crippen LogP contribution in [-0.2, 0) is 32.0 Å². The van der Waals surface area contributed by atoms with Crippen molar-refractivity contribution >= 4 is 23.3 Å². The first kappa shape index (κ1) is 26.9. The molecule has 4 rings (SSSR count). The first-order valence-electron chi connectivity index (χ1n) is 12.6. The zero-order chi connectivity index (χ0) is 26.9. The smallest absolute Gasteiger partial charge is 0.333 e. The number of benzene rings is 2. The van der Waals surface area contributed by atoms with E-state index in [1.54, 1.807) is 24.0 Å². The molecule has 2 aliphatic rings. The maximum absolute atomic E-state index is 12.7. The van der Waals surface area contributed by atoms with Crippen LogP contribution in [0.1, 0.15) is 24.5 Å². The lowest BCUT2D eigenvalue weighted by atomic mass is 9.95. The largest absolute Gasteiger partial charge is 0.492 e. The highest BCUT2D eigenvalue weighted by atomic mass is 16.6. The fourth-order valence-corrected chi connectivity index (χ4v) is 4.39. The van der Waals surface area contributed by atoms with Crippen molar-refractivity contribution in [3.8, 4) is 11.5 Å². The molecule has 0 saturated carbocycles. The molecule has 1 atom stereocenters. The van der Waals surface area contributed by atoms with Gasteiger partial charge in [-0.05, 0) is 54.3 Å². The van der Waals surface area contributed by atoms with Gasteiger partial charge in [-0.1, -0.05) is 41.6 Å². The van der Waals surface area contributed by atoms with Crippen molar-refractivity contribution in [1.82, 2.24) is 0 Å². The summed E-state index contributed by atoms with van der Waals surface area (Å²) in [4.78, 5) is 30.7. The quantitative estimate of drug-likeness (QED) is 0.422. The summed E-state index contributed by atoms with van der Waals surface area (Å²) < 4.78 is 16.8. The van der Waals surface area contributed by atoms with E-state index in [2.05, 4.69) is 5.16 Å². The molecule has 1 N–H and O–H groups in total. The molecule has 1 amide bonds. The molecular formula is C29H32N2O7. The molecule has 0 saturated heterocycles. The van der Waals surface area contributed by atoms with E-state index in [-0.39, 0.29) is 25.5 Å². The lowest BCUT2D eigenvalue weighted by Gasteiger charge is -2.30. The number of carbonyl (C=O) groups excluding carboxylic acids is 1. The Labute approximate surface area is 221 Å². The molecule has 2 aromatic carbocycles. The minimum absolute atomic E-state index is 0.0216. The monoisotopic (exact) mass is 520 g/mol. The second kappa shape index (κ2) is 12.9. The normalized spacial score (nSPS) is 16.5. The van der Waals surface area contributed by atoms with Crippen molar-refractivity contribution in [1.29, 1.82) is 0 Å². The number of anilines is 1. The van der Waals surface area contributed by atoms with E-state index >= 15 is 0 Å². The standard InChI is InChI=1S/C29H32N2O7/c1-3-36-27(29(33)34)18-20-8-11-23(12-9-20)37-15-14-31-25-17-21(10-13-26(25)38-19-28(31)32)16-22-6-4-5-7-24(22)30-35-2/h4-6,8-13,17,27H,3,7,14-16,18-19H2,1-2H3,(H,33,34). The summed E-state index contributed by atoms with van der Waals surface area (Å²) in [5, 5.41) is 13.4. The predicted molar refractivity (Wildman–Crippen MR) is 143 cm³/mol. The van der Waals surface area contributed by atoms with Crippen LogP contribution in [0.2, 0.25) is 0 Å². The highest BCUT2D eigenvalue weighted by Gasteiger charge is 2.26. The molecule has 0 bridgehead atoms. The van der Waals surface area contributed by atoms with Gasteiger partial charge in [-0.3, -0.25) is 4.79 Å². The van der Waals surface area contributed by atoms with Gasteiger partial charge in [0.2, 0.25) is 0 Å². The van der Waals surface area contributed by atoms with Crippen LogP contribution in [0.25, 0.3) is 0 Å². The highest BCUT2D eigenvalue weighted by molar-refractivity contribution is 6.02. The molecule has 1 aliphatic carbocycles. The maximum atomic E-state index is 12.7. The maximum Gasteiger partial charge on any atom is 0.333 e. The summed E-state index contributed by atoms with van der Waals surface area (Å²) in [7, 11) is 1.54. The summed E-state index contributed by atoms with van der Waals surface area (Å²) in [5.41, 5.74) is 4.52. The van der Waals surface area contributed by atoms with Gasteiger partial charge >= 0.3 is 5.97 Å². The third-order valence-electron chi connectivity index (χ3n) is 6.25. The van der Waals surface area contributed by atoms with E-state index < -0.39 is 12.1 Å². The molecule has 1 aliphatic heterocycles. The number of carbonyl (C=O) groups is 2. The van der Waals surface area contributed by atoms with E-state index in [1.807, 2.05) is 48.6 Å². The number of nitrogens with zero attached hydrogens (tertiary/aromatic N) is 2. The summed E-state index contributed by atoms with van der Waals surface area (Å²) >= 11 is 0. The molecule has 9 nitrogen and oxygen atoms in total. The number of oxime groups is 1. The molecule has 0 aromatic heterocycles. The van der Waals surface area contributed by atoms with E-state index in [0.29, 0.717) is 43.2 Å². The summed E-state index contributed by atoms with van der Waals surface area (Å²) in [5.74, 6) is 0.171. The van der Waals surface area contributed by atoms with Crippen molar-refractivity contribution < 1.29 is 33.7 Å². The molecule has 0 radical (unpaired) electrons. The number of carboxylic acid groups (broad SMARTS) is 1. The Morgan fingerprint density at radius 2 is 1.97 bits per heavy atom. The second-order valence-corrected chi connectivity index (χ2v) is 8.84. The Balaban J connectivity index is 1.39. The van der Waals surface area contributed by atoms with Crippen molar-refractivity contribution in [3.63, 3.8) is 0 Å². The average molecular weight is 521 g/mol. The number of aliphatic carboxylic acids is 1. The summed E-state index contributed by atoms with van der Waals surface area (Å²) in [6.45, 7) is 2.72. The van der Waals surface area contributed by atoms with Gasteiger partial charge in [-0.25, -0.2) is 4.79 Å². The van der Waals surface area contributed by atoms with Crippen LogP contribution in [0.15, 0.2) is 71.4 Å². The lowest BCUT2D eigenvalue weighted by Crippen LogP contribution is -2.41. The molecule has 2 aromatic rings. The summed E-state index contributed by atoms with van der Waals surface area (Å²) in [6, 6.07) is 13.1. The molecule has 1 unspecified atom stereocenters. The summed E-state index contributed by atoms with van der Waals surface area (Å²) in [6.07, 6.45) is 6.82. The number of hydrogen-bond acceptors (Lipinski definition) is 7. The lowest BCUT2D eigenvalue weighted by molar-refractivity contribution is -0.149. The van der Waals surface area contributed by atoms with Gasteiger partial charge in [0.05, 0.1) is 17.9 Å². The molecule has 200 valence electrons. The van der Waals surface area contributed by atoms with Crippen molar-refractivity contribution in [2.75, 3.05) is 38.4 Å². The Morgan fingerprint density at radius 1 is 1.18 bits per heavy atom. The number of fused-ring (bicyclic) bond motifs is 1. The van der Waals surface area contributed by atoms with Gasteiger partial charge in [0.25, 0.3) is 5.91 Å². The third kappa shape index (κ3) is 6.80.